The van der Waals surface area contributed by atoms with E-state index in [-0.39, 0.29) is 0 Å². The molecule has 0 atom stereocenters. The van der Waals surface area contributed by atoms with Crippen molar-refractivity contribution < 1.29 is 4.74 Å². The van der Waals surface area contributed by atoms with Crippen LogP contribution in [0, 0.1) is 6.92 Å². The van der Waals surface area contributed by atoms with Crippen molar-refractivity contribution in [2.75, 3.05) is 18.5 Å². The van der Waals surface area contributed by atoms with E-state index in [0.29, 0.717) is 6.04 Å². The van der Waals surface area contributed by atoms with E-state index in [1.807, 2.05) is 0 Å². The molecule has 0 bridgehead atoms. The number of benzene rings is 1. The molecule has 3 heterocycles. The quantitative estimate of drug-likeness (QED) is 0.746. The summed E-state index contributed by atoms with van der Waals surface area (Å²) >= 11 is 0. The summed E-state index contributed by atoms with van der Waals surface area (Å²) in [6, 6.07) is 8.96. The summed E-state index contributed by atoms with van der Waals surface area (Å²) in [4.78, 5) is 9.22. The van der Waals surface area contributed by atoms with Gasteiger partial charge in [0.25, 0.3) is 0 Å². The van der Waals surface area contributed by atoms with Gasteiger partial charge >= 0.3 is 0 Å². The largest absolute Gasteiger partial charge is 0.381 e. The van der Waals surface area contributed by atoms with Crippen molar-refractivity contribution in [3.63, 3.8) is 0 Å². The third-order valence-corrected chi connectivity index (χ3v) is 5.02. The molecule has 0 aliphatic carbocycles. The Labute approximate surface area is 154 Å². The zero-order valence-corrected chi connectivity index (χ0v) is 15.5. The molecule has 5 heteroatoms. The molecule has 136 valence electrons. The van der Waals surface area contributed by atoms with Crippen molar-refractivity contribution in [2.24, 2.45) is 0 Å². The van der Waals surface area contributed by atoms with Crippen LogP contribution in [0.5, 0.6) is 0 Å². The first kappa shape index (κ1) is 17.0. The van der Waals surface area contributed by atoms with Crippen LogP contribution < -0.4 is 5.32 Å². The summed E-state index contributed by atoms with van der Waals surface area (Å²) < 4.78 is 7.68. The number of rotatable bonds is 5. The number of hydrogen-bond donors (Lipinski definition) is 1. The fourth-order valence-corrected chi connectivity index (χ4v) is 3.71. The average molecular weight is 350 g/mol. The fraction of sp³-hybridized carbons (Fsp3) is 0.429. The van der Waals surface area contributed by atoms with E-state index in [0.717, 1.165) is 61.4 Å². The molecule has 3 aromatic rings. The standard InChI is InChI=1S/C21H26N4O/c1-3-5-16-13-25(18-7-4-6-15(2)12-18)21-19(16)20(22-14-23-21)24-17-8-10-26-11-9-17/h4,6-7,12-14,17H,3,5,8-11H2,1-2H3,(H,22,23,24). The van der Waals surface area contributed by atoms with Crippen LogP contribution in [0.4, 0.5) is 5.82 Å². The highest BCUT2D eigenvalue weighted by Crippen LogP contribution is 2.30. The zero-order valence-electron chi connectivity index (χ0n) is 15.5. The molecule has 0 radical (unpaired) electrons. The molecule has 1 aliphatic heterocycles. The first-order valence-corrected chi connectivity index (χ1v) is 9.52. The Hall–Kier alpha value is -2.40. The molecule has 0 unspecified atom stereocenters. The van der Waals surface area contributed by atoms with Crippen LogP contribution in [-0.4, -0.2) is 33.8 Å². The van der Waals surface area contributed by atoms with E-state index in [1.165, 1.54) is 11.1 Å². The van der Waals surface area contributed by atoms with Crippen molar-refractivity contribution in [3.05, 3.63) is 47.9 Å². The van der Waals surface area contributed by atoms with E-state index in [4.69, 9.17) is 4.74 Å². The van der Waals surface area contributed by atoms with E-state index in [1.54, 1.807) is 6.33 Å². The number of nitrogens with zero attached hydrogens (tertiary/aromatic N) is 3. The van der Waals surface area contributed by atoms with Gasteiger partial charge in [-0.3, -0.25) is 0 Å². The van der Waals surface area contributed by atoms with Crippen LogP contribution in [0.1, 0.15) is 37.3 Å². The molecule has 26 heavy (non-hydrogen) atoms. The minimum absolute atomic E-state index is 0.415. The molecule has 1 aromatic carbocycles. The molecule has 0 amide bonds. The number of ether oxygens (including phenoxy) is 1. The number of nitrogens with one attached hydrogen (secondary N) is 1. The Kier molecular flexibility index (Phi) is 4.89. The molecule has 4 rings (SSSR count). The lowest BCUT2D eigenvalue weighted by molar-refractivity contribution is 0.0904. The molecule has 1 fully saturated rings. The van der Waals surface area contributed by atoms with Crippen LogP contribution in [0.3, 0.4) is 0 Å². The monoisotopic (exact) mass is 350 g/mol. The maximum Gasteiger partial charge on any atom is 0.150 e. The number of fused-ring (bicyclic) bond motifs is 1. The van der Waals surface area contributed by atoms with E-state index < -0.39 is 0 Å². The van der Waals surface area contributed by atoms with Crippen molar-refractivity contribution in [1.29, 1.82) is 0 Å². The first-order valence-electron chi connectivity index (χ1n) is 9.52. The van der Waals surface area contributed by atoms with Gasteiger partial charge in [-0.25, -0.2) is 9.97 Å². The van der Waals surface area contributed by atoms with Gasteiger partial charge in [0.2, 0.25) is 0 Å². The molecule has 0 saturated carbocycles. The summed E-state index contributed by atoms with van der Waals surface area (Å²) in [7, 11) is 0. The number of aryl methyl sites for hydroxylation is 2. The Balaban J connectivity index is 1.81. The fourth-order valence-electron chi connectivity index (χ4n) is 3.71. The van der Waals surface area contributed by atoms with Gasteiger partial charge in [0.1, 0.15) is 17.8 Å². The summed E-state index contributed by atoms with van der Waals surface area (Å²) in [5, 5.41) is 4.81. The second-order valence-electron chi connectivity index (χ2n) is 7.07. The second-order valence-corrected chi connectivity index (χ2v) is 7.07. The summed E-state index contributed by atoms with van der Waals surface area (Å²) in [5.41, 5.74) is 4.67. The summed E-state index contributed by atoms with van der Waals surface area (Å²) in [6.07, 6.45) is 8.06. The maximum absolute atomic E-state index is 5.48. The van der Waals surface area contributed by atoms with Gasteiger partial charge in [0, 0.05) is 31.1 Å². The Bertz CT molecular complexity index is 896. The predicted octanol–water partition coefficient (Wildman–Crippen LogP) is 4.27. The Morgan fingerprint density at radius 3 is 2.85 bits per heavy atom. The van der Waals surface area contributed by atoms with Crippen LogP contribution in [-0.2, 0) is 11.2 Å². The van der Waals surface area contributed by atoms with Gasteiger partial charge in [0.05, 0.1) is 5.39 Å². The molecule has 5 nitrogen and oxygen atoms in total. The summed E-state index contributed by atoms with van der Waals surface area (Å²) in [5.74, 6) is 0.955. The second kappa shape index (κ2) is 7.46. The molecule has 1 N–H and O–H groups in total. The highest BCUT2D eigenvalue weighted by Gasteiger charge is 2.19. The summed E-state index contributed by atoms with van der Waals surface area (Å²) in [6.45, 7) is 5.97. The minimum Gasteiger partial charge on any atom is -0.381 e. The third kappa shape index (κ3) is 3.31. The van der Waals surface area contributed by atoms with E-state index in [2.05, 4.69) is 64.2 Å². The van der Waals surface area contributed by atoms with Gasteiger partial charge in [0.15, 0.2) is 0 Å². The van der Waals surface area contributed by atoms with E-state index >= 15 is 0 Å². The minimum atomic E-state index is 0.415. The van der Waals surface area contributed by atoms with Gasteiger partial charge in [-0.15, -0.1) is 0 Å². The van der Waals surface area contributed by atoms with Crippen LogP contribution in [0.2, 0.25) is 0 Å². The van der Waals surface area contributed by atoms with Crippen LogP contribution in [0.15, 0.2) is 36.8 Å². The van der Waals surface area contributed by atoms with Gasteiger partial charge < -0.3 is 14.6 Å². The maximum atomic E-state index is 5.48. The highest BCUT2D eigenvalue weighted by molar-refractivity contribution is 5.92. The smallest absolute Gasteiger partial charge is 0.150 e. The van der Waals surface area contributed by atoms with Crippen molar-refractivity contribution >= 4 is 16.9 Å². The van der Waals surface area contributed by atoms with Crippen molar-refractivity contribution in [1.82, 2.24) is 14.5 Å². The highest BCUT2D eigenvalue weighted by atomic mass is 16.5. The number of aromatic nitrogens is 3. The van der Waals surface area contributed by atoms with Gasteiger partial charge in [-0.05, 0) is 49.4 Å². The molecule has 1 aliphatic rings. The normalized spacial score (nSPS) is 15.5. The number of hydrogen-bond acceptors (Lipinski definition) is 4. The van der Waals surface area contributed by atoms with Crippen LogP contribution in [0.25, 0.3) is 16.7 Å². The SMILES string of the molecule is CCCc1cn(-c2cccc(C)c2)c2ncnc(NC3CCOCC3)c12. The lowest BCUT2D eigenvalue weighted by Crippen LogP contribution is -2.28. The third-order valence-electron chi connectivity index (χ3n) is 5.02. The Morgan fingerprint density at radius 2 is 2.08 bits per heavy atom. The molecule has 1 saturated heterocycles. The van der Waals surface area contributed by atoms with Crippen molar-refractivity contribution in [3.8, 4) is 5.69 Å². The van der Waals surface area contributed by atoms with Crippen molar-refractivity contribution in [2.45, 2.75) is 45.6 Å². The van der Waals surface area contributed by atoms with E-state index in [9.17, 15) is 0 Å². The Morgan fingerprint density at radius 1 is 1.23 bits per heavy atom. The zero-order chi connectivity index (χ0) is 17.9. The molecular formula is C21H26N4O. The predicted molar refractivity (Wildman–Crippen MR) is 105 cm³/mol. The first-order chi connectivity index (χ1) is 12.8. The lowest BCUT2D eigenvalue weighted by atomic mass is 10.1. The topological polar surface area (TPSA) is 52.0 Å². The average Bonchev–Trinajstić information content (AvgIpc) is 3.03. The van der Waals surface area contributed by atoms with Crippen LogP contribution >= 0.6 is 0 Å². The lowest BCUT2D eigenvalue weighted by Gasteiger charge is -2.24. The number of anilines is 1. The molecular weight excluding hydrogens is 324 g/mol. The molecule has 2 aromatic heterocycles. The van der Waals surface area contributed by atoms with Gasteiger partial charge in [-0.2, -0.15) is 0 Å². The molecule has 0 spiro atoms. The van der Waals surface area contributed by atoms with Gasteiger partial charge in [-0.1, -0.05) is 25.5 Å².